The van der Waals surface area contributed by atoms with Gasteiger partial charge in [-0.1, -0.05) is 12.1 Å². The van der Waals surface area contributed by atoms with E-state index in [1.807, 2.05) is 0 Å². The van der Waals surface area contributed by atoms with Gasteiger partial charge in [0.05, 0.1) is 6.42 Å². The van der Waals surface area contributed by atoms with Gasteiger partial charge in [0, 0.05) is 7.05 Å². The summed E-state index contributed by atoms with van der Waals surface area (Å²) in [6.07, 6.45) is 0.159. The molecular formula is C10H12FN3OS. The average Bonchev–Trinajstić information content (AvgIpc) is 2.21. The Kier molecular flexibility index (Phi) is 4.81. The predicted octanol–water partition coefficient (Wildman–Crippen LogP) is 0.493. The fourth-order valence-electron chi connectivity index (χ4n) is 1.10. The van der Waals surface area contributed by atoms with Crippen molar-refractivity contribution in [2.24, 2.45) is 0 Å². The van der Waals surface area contributed by atoms with Gasteiger partial charge < -0.3 is 5.32 Å². The maximum absolute atomic E-state index is 12.6. The van der Waals surface area contributed by atoms with Crippen LogP contribution in [0.15, 0.2) is 24.3 Å². The van der Waals surface area contributed by atoms with Gasteiger partial charge in [0.25, 0.3) is 0 Å². The second-order valence-corrected chi connectivity index (χ2v) is 3.46. The minimum Gasteiger partial charge on any atom is -0.302 e. The summed E-state index contributed by atoms with van der Waals surface area (Å²) in [4.78, 5) is 11.4. The second kappa shape index (κ2) is 6.14. The zero-order valence-corrected chi connectivity index (χ0v) is 9.53. The molecule has 0 aliphatic rings. The number of thiocarbonyl (C=S) groups is 1. The third-order valence-electron chi connectivity index (χ3n) is 1.77. The van der Waals surface area contributed by atoms with E-state index in [9.17, 15) is 9.18 Å². The van der Waals surface area contributed by atoms with Crippen molar-refractivity contribution in [2.45, 2.75) is 6.42 Å². The van der Waals surface area contributed by atoms with Crippen LogP contribution in [0.3, 0.4) is 0 Å². The van der Waals surface area contributed by atoms with Crippen LogP contribution < -0.4 is 16.2 Å². The lowest BCUT2D eigenvalue weighted by Gasteiger charge is -2.07. The van der Waals surface area contributed by atoms with Gasteiger partial charge in [-0.15, -0.1) is 0 Å². The van der Waals surface area contributed by atoms with E-state index in [2.05, 4.69) is 16.2 Å². The van der Waals surface area contributed by atoms with Crippen LogP contribution in [-0.4, -0.2) is 18.1 Å². The quantitative estimate of drug-likeness (QED) is 0.532. The number of amides is 1. The molecule has 1 aromatic carbocycles. The third-order valence-corrected chi connectivity index (χ3v) is 1.97. The number of nitrogens with one attached hydrogen (secondary N) is 3. The number of hydrazine groups is 1. The SMILES string of the molecule is CNNC(=S)NC(=O)Cc1ccc(F)cc1. The zero-order valence-electron chi connectivity index (χ0n) is 8.71. The van der Waals surface area contributed by atoms with Crippen LogP contribution in [0.25, 0.3) is 0 Å². The van der Waals surface area contributed by atoms with Crippen LogP contribution in [0.5, 0.6) is 0 Å². The maximum atomic E-state index is 12.6. The number of hydrogen-bond acceptors (Lipinski definition) is 3. The van der Waals surface area contributed by atoms with Gasteiger partial charge in [-0.05, 0) is 29.9 Å². The molecular weight excluding hydrogens is 229 g/mol. The molecule has 86 valence electrons. The summed E-state index contributed by atoms with van der Waals surface area (Å²) >= 11 is 4.80. The highest BCUT2D eigenvalue weighted by Gasteiger charge is 2.05. The van der Waals surface area contributed by atoms with Crippen molar-refractivity contribution in [1.82, 2.24) is 16.2 Å². The Labute approximate surface area is 98.2 Å². The third kappa shape index (κ3) is 4.33. The van der Waals surface area contributed by atoms with Crippen molar-refractivity contribution in [1.29, 1.82) is 0 Å². The number of halogens is 1. The molecule has 0 saturated carbocycles. The van der Waals surface area contributed by atoms with E-state index in [4.69, 9.17) is 12.2 Å². The lowest BCUT2D eigenvalue weighted by atomic mass is 10.1. The van der Waals surface area contributed by atoms with Gasteiger partial charge >= 0.3 is 0 Å². The van der Waals surface area contributed by atoms with Crippen molar-refractivity contribution in [3.63, 3.8) is 0 Å². The summed E-state index contributed by atoms with van der Waals surface area (Å²) in [7, 11) is 1.64. The lowest BCUT2D eigenvalue weighted by molar-refractivity contribution is -0.119. The smallest absolute Gasteiger partial charge is 0.230 e. The molecule has 4 nitrogen and oxygen atoms in total. The molecule has 3 N–H and O–H groups in total. The number of rotatable bonds is 3. The summed E-state index contributed by atoms with van der Waals surface area (Å²) in [5.74, 6) is -0.573. The van der Waals surface area contributed by atoms with E-state index < -0.39 is 0 Å². The molecule has 0 saturated heterocycles. The number of carbonyl (C=O) groups is 1. The molecule has 0 unspecified atom stereocenters. The van der Waals surface area contributed by atoms with E-state index in [1.165, 1.54) is 12.1 Å². The van der Waals surface area contributed by atoms with Crippen LogP contribution in [0.2, 0.25) is 0 Å². The molecule has 0 spiro atoms. The van der Waals surface area contributed by atoms with Crippen LogP contribution in [0.4, 0.5) is 4.39 Å². The molecule has 0 atom stereocenters. The van der Waals surface area contributed by atoms with Crippen molar-refractivity contribution >= 4 is 23.2 Å². The number of benzene rings is 1. The Morgan fingerprint density at radius 3 is 2.56 bits per heavy atom. The molecule has 16 heavy (non-hydrogen) atoms. The van der Waals surface area contributed by atoms with Gasteiger partial charge in [0.1, 0.15) is 5.82 Å². The largest absolute Gasteiger partial charge is 0.302 e. The van der Waals surface area contributed by atoms with Crippen LogP contribution in [-0.2, 0) is 11.2 Å². The Morgan fingerprint density at radius 1 is 1.38 bits per heavy atom. The first-order valence-electron chi connectivity index (χ1n) is 4.63. The Hall–Kier alpha value is -1.53. The van der Waals surface area contributed by atoms with Crippen LogP contribution in [0, 0.1) is 5.82 Å². The predicted molar refractivity (Wildman–Crippen MR) is 63.0 cm³/mol. The first-order chi connectivity index (χ1) is 7.61. The van der Waals surface area contributed by atoms with Gasteiger partial charge in [-0.2, -0.15) is 0 Å². The van der Waals surface area contributed by atoms with Crippen LogP contribution >= 0.6 is 12.2 Å². The molecule has 6 heteroatoms. The average molecular weight is 241 g/mol. The first kappa shape index (κ1) is 12.5. The highest BCUT2D eigenvalue weighted by Crippen LogP contribution is 2.03. The zero-order chi connectivity index (χ0) is 12.0. The lowest BCUT2D eigenvalue weighted by Crippen LogP contribution is -2.45. The normalized spacial score (nSPS) is 9.62. The molecule has 1 aromatic rings. The monoisotopic (exact) mass is 241 g/mol. The molecule has 1 amide bonds. The molecule has 0 aliphatic carbocycles. The fourth-order valence-corrected chi connectivity index (χ4v) is 1.32. The first-order valence-corrected chi connectivity index (χ1v) is 5.03. The van der Waals surface area contributed by atoms with E-state index in [1.54, 1.807) is 19.2 Å². The van der Waals surface area contributed by atoms with Crippen molar-refractivity contribution in [2.75, 3.05) is 7.05 Å². The Balaban J connectivity index is 2.45. The second-order valence-electron chi connectivity index (χ2n) is 3.06. The standard InChI is InChI=1S/C10H12FN3OS/c1-12-14-10(16)13-9(15)6-7-2-4-8(11)5-3-7/h2-5,12H,6H2,1H3,(H2,13,14,15,16). The summed E-state index contributed by atoms with van der Waals surface area (Å²) in [5.41, 5.74) is 5.88. The van der Waals surface area contributed by atoms with Gasteiger partial charge in [-0.25, -0.2) is 9.82 Å². The summed E-state index contributed by atoms with van der Waals surface area (Å²) in [6, 6.07) is 5.74. The topological polar surface area (TPSA) is 53.2 Å². The van der Waals surface area contributed by atoms with Gasteiger partial charge in [0.15, 0.2) is 5.11 Å². The minimum atomic E-state index is -0.323. The summed E-state index contributed by atoms with van der Waals surface area (Å²) in [6.45, 7) is 0. The summed E-state index contributed by atoms with van der Waals surface area (Å²) in [5, 5.41) is 2.67. The molecule has 0 radical (unpaired) electrons. The van der Waals surface area contributed by atoms with Gasteiger partial charge in [-0.3, -0.25) is 10.2 Å². The molecule has 0 fully saturated rings. The van der Waals surface area contributed by atoms with E-state index in [-0.39, 0.29) is 23.3 Å². The molecule has 1 rings (SSSR count). The minimum absolute atomic E-state index is 0.159. The number of hydrogen-bond donors (Lipinski definition) is 3. The fraction of sp³-hybridized carbons (Fsp3) is 0.200. The highest BCUT2D eigenvalue weighted by atomic mass is 32.1. The Morgan fingerprint density at radius 2 is 2.00 bits per heavy atom. The van der Waals surface area contributed by atoms with Gasteiger partial charge in [0.2, 0.25) is 5.91 Å². The Bertz CT molecular complexity index is 380. The molecule has 0 aromatic heterocycles. The van der Waals surface area contributed by atoms with E-state index in [0.717, 1.165) is 5.56 Å². The van der Waals surface area contributed by atoms with Crippen molar-refractivity contribution < 1.29 is 9.18 Å². The van der Waals surface area contributed by atoms with Crippen LogP contribution in [0.1, 0.15) is 5.56 Å². The maximum Gasteiger partial charge on any atom is 0.230 e. The molecule has 0 heterocycles. The highest BCUT2D eigenvalue weighted by molar-refractivity contribution is 7.80. The molecule has 0 bridgehead atoms. The van der Waals surface area contributed by atoms with Crippen molar-refractivity contribution in [3.05, 3.63) is 35.6 Å². The van der Waals surface area contributed by atoms with Crippen molar-refractivity contribution in [3.8, 4) is 0 Å². The van der Waals surface area contributed by atoms with E-state index in [0.29, 0.717) is 0 Å². The molecule has 0 aliphatic heterocycles. The summed E-state index contributed by atoms with van der Waals surface area (Å²) < 4.78 is 12.6. The van der Waals surface area contributed by atoms with E-state index >= 15 is 0 Å². The number of carbonyl (C=O) groups excluding carboxylic acids is 1.